The van der Waals surface area contributed by atoms with Gasteiger partial charge in [-0.3, -0.25) is 15.0 Å². The normalized spacial score (nSPS) is 20.8. The van der Waals surface area contributed by atoms with Gasteiger partial charge in [0.1, 0.15) is 5.70 Å². The minimum absolute atomic E-state index is 0.298. The summed E-state index contributed by atoms with van der Waals surface area (Å²) in [5.74, 6) is 1.09. The first-order valence-electron chi connectivity index (χ1n) is 8.47. The molecule has 7 nitrogen and oxygen atoms in total. The number of nitrogens with one attached hydrogen (secondary N) is 1. The average Bonchev–Trinajstić information content (AvgIpc) is 2.82. The third kappa shape index (κ3) is 3.39. The van der Waals surface area contributed by atoms with Gasteiger partial charge in [0.05, 0.1) is 5.69 Å². The highest BCUT2D eigenvalue weighted by Gasteiger charge is 2.30. The molecule has 0 radical (unpaired) electrons. The number of urea groups is 1. The zero-order chi connectivity index (χ0) is 17.1. The Labute approximate surface area is 141 Å². The molecule has 0 aliphatic carbocycles. The van der Waals surface area contributed by atoms with Gasteiger partial charge in [-0.1, -0.05) is 19.8 Å². The zero-order valence-corrected chi connectivity index (χ0v) is 14.2. The van der Waals surface area contributed by atoms with Crippen LogP contribution in [0.2, 0.25) is 0 Å². The van der Waals surface area contributed by atoms with E-state index < -0.39 is 11.9 Å². The quantitative estimate of drug-likeness (QED) is 0.675. The molecule has 2 saturated heterocycles. The molecule has 1 aromatic heterocycles. The van der Waals surface area contributed by atoms with Crippen molar-refractivity contribution in [3.05, 3.63) is 23.7 Å². The fourth-order valence-electron chi connectivity index (χ4n) is 3.23. The van der Waals surface area contributed by atoms with Crippen LogP contribution in [-0.2, 0) is 4.79 Å². The summed E-state index contributed by atoms with van der Waals surface area (Å²) in [5, 5.41) is 2.26. The van der Waals surface area contributed by atoms with Gasteiger partial charge in [-0.25, -0.2) is 14.8 Å². The molecule has 3 rings (SSSR count). The molecule has 1 aromatic rings. The summed E-state index contributed by atoms with van der Waals surface area (Å²) in [4.78, 5) is 35.7. The van der Waals surface area contributed by atoms with Crippen molar-refractivity contribution < 1.29 is 9.59 Å². The van der Waals surface area contributed by atoms with E-state index in [2.05, 4.69) is 27.1 Å². The van der Waals surface area contributed by atoms with Crippen molar-refractivity contribution in [3.63, 3.8) is 0 Å². The SMILES string of the molecule is CCCC1CCN(c2nccc(/C=C3\C(=O)NC(=O)N3C)n2)CC1. The Morgan fingerprint density at radius 1 is 1.33 bits per heavy atom. The second-order valence-electron chi connectivity index (χ2n) is 6.35. The number of piperidine rings is 1. The Bertz CT molecular complexity index is 665. The van der Waals surface area contributed by atoms with Crippen molar-refractivity contribution in [1.29, 1.82) is 0 Å². The number of amides is 3. The number of hydrogen-bond acceptors (Lipinski definition) is 5. The molecule has 2 aliphatic rings. The van der Waals surface area contributed by atoms with Crippen LogP contribution in [-0.4, -0.2) is 46.9 Å². The predicted molar refractivity (Wildman–Crippen MR) is 91.2 cm³/mol. The van der Waals surface area contributed by atoms with Crippen LogP contribution in [0.4, 0.5) is 10.7 Å². The van der Waals surface area contributed by atoms with Crippen LogP contribution in [0, 0.1) is 5.92 Å². The molecule has 24 heavy (non-hydrogen) atoms. The molecule has 0 spiro atoms. The maximum atomic E-state index is 11.8. The monoisotopic (exact) mass is 329 g/mol. The topological polar surface area (TPSA) is 78.4 Å². The van der Waals surface area contributed by atoms with Crippen molar-refractivity contribution in [1.82, 2.24) is 20.2 Å². The third-order valence-electron chi connectivity index (χ3n) is 4.66. The standard InChI is InChI=1S/C17H23N5O2/c1-3-4-12-6-9-22(10-7-12)16-18-8-5-13(19-16)11-14-15(23)20-17(24)21(14)2/h5,8,11-12H,3-4,6-7,9-10H2,1-2H3,(H,20,23,24)/b14-11+. The Kier molecular flexibility index (Phi) is 4.78. The van der Waals surface area contributed by atoms with Crippen LogP contribution in [0.15, 0.2) is 18.0 Å². The number of imide groups is 1. The van der Waals surface area contributed by atoms with Crippen LogP contribution in [0.25, 0.3) is 6.08 Å². The van der Waals surface area contributed by atoms with Gasteiger partial charge < -0.3 is 4.90 Å². The van der Waals surface area contributed by atoms with Gasteiger partial charge in [0.2, 0.25) is 5.95 Å². The second kappa shape index (κ2) is 6.98. The first-order chi connectivity index (χ1) is 11.6. The molecule has 0 aromatic carbocycles. The highest BCUT2D eigenvalue weighted by atomic mass is 16.2. The number of carbonyl (C=O) groups excluding carboxylic acids is 2. The van der Waals surface area contributed by atoms with E-state index in [0.29, 0.717) is 17.3 Å². The second-order valence-corrected chi connectivity index (χ2v) is 6.35. The number of likely N-dealkylation sites (N-methyl/N-ethyl adjacent to an activating group) is 1. The minimum Gasteiger partial charge on any atom is -0.341 e. The summed E-state index contributed by atoms with van der Waals surface area (Å²) in [5.41, 5.74) is 0.925. The maximum absolute atomic E-state index is 11.8. The molecule has 128 valence electrons. The van der Waals surface area contributed by atoms with Crippen LogP contribution < -0.4 is 10.2 Å². The summed E-state index contributed by atoms with van der Waals surface area (Å²) in [7, 11) is 1.56. The lowest BCUT2D eigenvalue weighted by Gasteiger charge is -2.31. The number of aromatic nitrogens is 2. The van der Waals surface area contributed by atoms with Crippen molar-refractivity contribution >= 4 is 24.0 Å². The fraction of sp³-hybridized carbons (Fsp3) is 0.529. The van der Waals surface area contributed by atoms with Crippen molar-refractivity contribution in [3.8, 4) is 0 Å². The average molecular weight is 329 g/mol. The maximum Gasteiger partial charge on any atom is 0.328 e. The van der Waals surface area contributed by atoms with Crippen molar-refractivity contribution in [2.24, 2.45) is 5.92 Å². The van der Waals surface area contributed by atoms with E-state index in [0.717, 1.165) is 19.0 Å². The van der Waals surface area contributed by atoms with Gasteiger partial charge in [0, 0.05) is 26.3 Å². The Balaban J connectivity index is 1.73. The van der Waals surface area contributed by atoms with Gasteiger partial charge >= 0.3 is 6.03 Å². The highest BCUT2D eigenvalue weighted by molar-refractivity contribution is 6.13. The van der Waals surface area contributed by atoms with E-state index in [1.54, 1.807) is 25.4 Å². The molecule has 0 atom stereocenters. The molecule has 0 bridgehead atoms. The van der Waals surface area contributed by atoms with E-state index in [1.807, 2.05) is 0 Å². The first-order valence-corrected chi connectivity index (χ1v) is 8.47. The summed E-state index contributed by atoms with van der Waals surface area (Å²) >= 11 is 0. The summed E-state index contributed by atoms with van der Waals surface area (Å²) in [6, 6.07) is 1.32. The number of carbonyl (C=O) groups is 2. The number of nitrogens with zero attached hydrogens (tertiary/aromatic N) is 4. The molecule has 3 amide bonds. The molecule has 1 N–H and O–H groups in total. The van der Waals surface area contributed by atoms with Crippen LogP contribution >= 0.6 is 0 Å². The highest BCUT2D eigenvalue weighted by Crippen LogP contribution is 2.24. The Morgan fingerprint density at radius 2 is 2.08 bits per heavy atom. The zero-order valence-electron chi connectivity index (χ0n) is 14.2. The van der Waals surface area contributed by atoms with Gasteiger partial charge in [-0.15, -0.1) is 0 Å². The van der Waals surface area contributed by atoms with Gasteiger partial charge in [0.25, 0.3) is 5.91 Å². The van der Waals surface area contributed by atoms with E-state index in [4.69, 9.17) is 0 Å². The lowest BCUT2D eigenvalue weighted by molar-refractivity contribution is -0.115. The van der Waals surface area contributed by atoms with Crippen molar-refractivity contribution in [2.45, 2.75) is 32.6 Å². The summed E-state index contributed by atoms with van der Waals surface area (Å²) in [6.07, 6.45) is 8.18. The van der Waals surface area contributed by atoms with Gasteiger partial charge in [0.15, 0.2) is 0 Å². The largest absolute Gasteiger partial charge is 0.341 e. The molecular weight excluding hydrogens is 306 g/mol. The first kappa shape index (κ1) is 16.4. The lowest BCUT2D eigenvalue weighted by Crippen LogP contribution is -2.34. The molecular formula is C17H23N5O2. The number of hydrogen-bond donors (Lipinski definition) is 1. The number of anilines is 1. The minimum atomic E-state index is -0.418. The van der Waals surface area contributed by atoms with Crippen molar-refractivity contribution in [2.75, 3.05) is 25.0 Å². The van der Waals surface area contributed by atoms with Gasteiger partial charge in [-0.2, -0.15) is 0 Å². The Hall–Kier alpha value is -2.44. The van der Waals surface area contributed by atoms with E-state index >= 15 is 0 Å². The van der Waals surface area contributed by atoms with Gasteiger partial charge in [-0.05, 0) is 30.9 Å². The predicted octanol–water partition coefficient (Wildman–Crippen LogP) is 2.02. The van der Waals surface area contributed by atoms with Crippen LogP contribution in [0.3, 0.4) is 0 Å². The number of rotatable bonds is 4. The fourth-order valence-corrected chi connectivity index (χ4v) is 3.23. The summed E-state index contributed by atoms with van der Waals surface area (Å²) in [6.45, 7) is 4.15. The molecule has 0 unspecified atom stereocenters. The Morgan fingerprint density at radius 3 is 2.71 bits per heavy atom. The van der Waals surface area contributed by atoms with E-state index in [9.17, 15) is 9.59 Å². The molecule has 7 heteroatoms. The smallest absolute Gasteiger partial charge is 0.328 e. The lowest BCUT2D eigenvalue weighted by atomic mass is 9.93. The summed E-state index contributed by atoms with van der Waals surface area (Å²) < 4.78 is 0. The molecule has 0 saturated carbocycles. The van der Waals surface area contributed by atoms with E-state index in [1.165, 1.54) is 30.6 Å². The molecule has 3 heterocycles. The van der Waals surface area contributed by atoms with Crippen LogP contribution in [0.5, 0.6) is 0 Å². The molecule has 2 fully saturated rings. The van der Waals surface area contributed by atoms with E-state index in [-0.39, 0.29) is 0 Å². The van der Waals surface area contributed by atoms with Crippen LogP contribution in [0.1, 0.15) is 38.3 Å². The third-order valence-corrected chi connectivity index (χ3v) is 4.66. The molecule has 2 aliphatic heterocycles.